The first-order valence-corrected chi connectivity index (χ1v) is 10.8. The fourth-order valence-electron chi connectivity index (χ4n) is 4.17. The van der Waals surface area contributed by atoms with Gasteiger partial charge in [-0.3, -0.25) is 0 Å². The minimum Gasteiger partial charge on any atom is -0.191 e. The van der Waals surface area contributed by atoms with Crippen molar-refractivity contribution in [2.75, 3.05) is 0 Å². The second-order valence-electron chi connectivity index (χ2n) is 8.00. The first-order chi connectivity index (χ1) is 11.4. The molecule has 0 atom stereocenters. The van der Waals surface area contributed by atoms with E-state index in [1.807, 2.05) is 0 Å². The predicted octanol–water partition coefficient (Wildman–Crippen LogP) is 7.61. The van der Waals surface area contributed by atoms with Gasteiger partial charge in [0.25, 0.3) is 0 Å². The number of nitrogens with zero attached hydrogens (tertiary/aromatic N) is 2. The highest BCUT2D eigenvalue weighted by molar-refractivity contribution is 4.71. The zero-order valence-corrected chi connectivity index (χ0v) is 15.5. The molecule has 0 unspecified atom stereocenters. The van der Waals surface area contributed by atoms with E-state index in [0.717, 1.165) is 0 Å². The van der Waals surface area contributed by atoms with Crippen LogP contribution in [0.1, 0.15) is 122 Å². The van der Waals surface area contributed by atoms with Crippen molar-refractivity contribution in [1.82, 2.24) is 0 Å². The lowest BCUT2D eigenvalue weighted by molar-refractivity contribution is 0.428. The summed E-state index contributed by atoms with van der Waals surface area (Å²) in [6.45, 7) is 0. The molecule has 2 aliphatic rings. The first-order valence-electron chi connectivity index (χ1n) is 10.8. The monoisotopic (exact) mass is 320 g/mol. The summed E-state index contributed by atoms with van der Waals surface area (Å²) in [4.78, 5) is 0. The number of rotatable bonds is 2. The first kappa shape index (κ1) is 18.9. The van der Waals surface area contributed by atoms with Crippen molar-refractivity contribution >= 4 is 0 Å². The molecule has 0 aliphatic heterocycles. The van der Waals surface area contributed by atoms with E-state index in [1.54, 1.807) is 0 Å². The molecule has 0 aromatic rings. The van der Waals surface area contributed by atoms with Gasteiger partial charge in [0.1, 0.15) is 0 Å². The molecule has 0 aromatic carbocycles. The zero-order valence-electron chi connectivity index (χ0n) is 15.5. The molecule has 0 radical (unpaired) electrons. The van der Waals surface area contributed by atoms with Crippen molar-refractivity contribution in [2.45, 2.75) is 134 Å². The molecule has 23 heavy (non-hydrogen) atoms. The maximum atomic E-state index is 4.86. The molecule has 0 spiro atoms. The van der Waals surface area contributed by atoms with Crippen LogP contribution in [0.5, 0.6) is 0 Å². The predicted molar refractivity (Wildman–Crippen MR) is 100 cm³/mol. The second-order valence-corrected chi connectivity index (χ2v) is 8.00. The minimum atomic E-state index is 0.531. The Morgan fingerprint density at radius 3 is 0.783 bits per heavy atom. The summed E-state index contributed by atoms with van der Waals surface area (Å²) in [6, 6.07) is 1.06. The average Bonchev–Trinajstić information content (AvgIpc) is 2.64. The van der Waals surface area contributed by atoms with Gasteiger partial charge in [0.2, 0.25) is 0 Å². The molecule has 0 N–H and O–H groups in total. The van der Waals surface area contributed by atoms with Crippen LogP contribution in [-0.4, -0.2) is 12.1 Å². The molecular weight excluding hydrogens is 280 g/mol. The Morgan fingerprint density at radius 2 is 0.522 bits per heavy atom. The number of azo groups is 1. The standard InChI is InChI=1S/C21H40N2/c1-2-5-9-13-17-20(16-12-8-4-1)22-23-21-18-14-10-6-3-7-11-15-19-21/h20-21H,1-19H2/b23-22+. The molecule has 0 aromatic heterocycles. The van der Waals surface area contributed by atoms with Gasteiger partial charge in [-0.15, -0.1) is 0 Å². The van der Waals surface area contributed by atoms with Gasteiger partial charge in [0, 0.05) is 0 Å². The lowest BCUT2D eigenvalue weighted by Crippen LogP contribution is -2.09. The summed E-state index contributed by atoms with van der Waals surface area (Å²) < 4.78 is 0. The minimum absolute atomic E-state index is 0.531. The van der Waals surface area contributed by atoms with Gasteiger partial charge in [0.05, 0.1) is 12.1 Å². The highest BCUT2D eigenvalue weighted by Crippen LogP contribution is 2.22. The lowest BCUT2D eigenvalue weighted by Gasteiger charge is -2.16. The van der Waals surface area contributed by atoms with Crippen LogP contribution in [0.4, 0.5) is 0 Å². The lowest BCUT2D eigenvalue weighted by atomic mass is 9.98. The molecule has 2 nitrogen and oxygen atoms in total. The Labute approximate surface area is 144 Å². The molecule has 2 aliphatic carbocycles. The fourth-order valence-corrected chi connectivity index (χ4v) is 4.17. The summed E-state index contributed by atoms with van der Waals surface area (Å²) >= 11 is 0. The van der Waals surface area contributed by atoms with E-state index >= 15 is 0 Å². The maximum absolute atomic E-state index is 4.86. The summed E-state index contributed by atoms with van der Waals surface area (Å²) in [6.07, 6.45) is 26.4. The van der Waals surface area contributed by atoms with Gasteiger partial charge >= 0.3 is 0 Å². The largest absolute Gasteiger partial charge is 0.191 e. The average molecular weight is 321 g/mol. The topological polar surface area (TPSA) is 24.7 Å². The highest BCUT2D eigenvalue weighted by Gasteiger charge is 2.12. The van der Waals surface area contributed by atoms with Crippen molar-refractivity contribution in [2.24, 2.45) is 10.2 Å². The van der Waals surface area contributed by atoms with Crippen LogP contribution in [0.15, 0.2) is 10.2 Å². The normalized spacial score (nSPS) is 25.9. The third-order valence-electron chi connectivity index (χ3n) is 5.79. The molecule has 0 saturated heterocycles. The number of hydrogen-bond acceptors (Lipinski definition) is 2. The molecule has 134 valence electrons. The van der Waals surface area contributed by atoms with Crippen LogP contribution in [0, 0.1) is 0 Å². The van der Waals surface area contributed by atoms with Gasteiger partial charge in [-0.1, -0.05) is 96.3 Å². The van der Waals surface area contributed by atoms with Crippen molar-refractivity contribution in [3.05, 3.63) is 0 Å². The molecular formula is C21H40N2. The molecule has 2 saturated carbocycles. The van der Waals surface area contributed by atoms with Gasteiger partial charge < -0.3 is 0 Å². The van der Waals surface area contributed by atoms with Crippen LogP contribution in [-0.2, 0) is 0 Å². The molecule has 0 heterocycles. The van der Waals surface area contributed by atoms with Crippen LogP contribution in [0.2, 0.25) is 0 Å². The Hall–Kier alpha value is -0.400. The fraction of sp³-hybridized carbons (Fsp3) is 1.00. The van der Waals surface area contributed by atoms with Gasteiger partial charge in [0.15, 0.2) is 0 Å². The third kappa shape index (κ3) is 9.47. The van der Waals surface area contributed by atoms with E-state index < -0.39 is 0 Å². The van der Waals surface area contributed by atoms with E-state index in [1.165, 1.54) is 122 Å². The van der Waals surface area contributed by atoms with Crippen LogP contribution in [0.25, 0.3) is 0 Å². The van der Waals surface area contributed by atoms with E-state index in [2.05, 4.69) is 0 Å². The Morgan fingerprint density at radius 1 is 0.304 bits per heavy atom. The SMILES string of the molecule is C1CCCCCC(/N=N/C2CCCCCCCCC2)CCCC1. The summed E-state index contributed by atoms with van der Waals surface area (Å²) in [5.41, 5.74) is 0. The van der Waals surface area contributed by atoms with Crippen molar-refractivity contribution in [3.8, 4) is 0 Å². The van der Waals surface area contributed by atoms with Crippen molar-refractivity contribution in [1.29, 1.82) is 0 Å². The quantitative estimate of drug-likeness (QED) is 0.467. The second kappa shape index (κ2) is 13.0. The number of hydrogen-bond donors (Lipinski definition) is 0. The highest BCUT2D eigenvalue weighted by atomic mass is 15.1. The van der Waals surface area contributed by atoms with E-state index in [-0.39, 0.29) is 0 Å². The molecule has 2 fully saturated rings. The molecule has 2 heteroatoms. The van der Waals surface area contributed by atoms with E-state index in [0.29, 0.717) is 12.1 Å². The van der Waals surface area contributed by atoms with Crippen LogP contribution < -0.4 is 0 Å². The summed E-state index contributed by atoms with van der Waals surface area (Å²) in [5, 5.41) is 9.72. The van der Waals surface area contributed by atoms with E-state index in [4.69, 9.17) is 10.2 Å². The molecule has 0 amide bonds. The van der Waals surface area contributed by atoms with Gasteiger partial charge in [-0.05, 0) is 25.7 Å². The van der Waals surface area contributed by atoms with Crippen LogP contribution in [0.3, 0.4) is 0 Å². The van der Waals surface area contributed by atoms with Crippen LogP contribution >= 0.6 is 0 Å². The maximum Gasteiger partial charge on any atom is 0.0708 e. The van der Waals surface area contributed by atoms with E-state index in [9.17, 15) is 0 Å². The summed E-state index contributed by atoms with van der Waals surface area (Å²) in [5.74, 6) is 0. The third-order valence-corrected chi connectivity index (χ3v) is 5.79. The Kier molecular flexibility index (Phi) is 10.7. The molecule has 2 rings (SSSR count). The van der Waals surface area contributed by atoms with Gasteiger partial charge in [-0.25, -0.2) is 0 Å². The van der Waals surface area contributed by atoms with Crippen molar-refractivity contribution < 1.29 is 0 Å². The molecule has 0 bridgehead atoms. The van der Waals surface area contributed by atoms with Gasteiger partial charge in [-0.2, -0.15) is 10.2 Å². The smallest absolute Gasteiger partial charge is 0.0708 e. The van der Waals surface area contributed by atoms with Crippen molar-refractivity contribution in [3.63, 3.8) is 0 Å². The summed E-state index contributed by atoms with van der Waals surface area (Å²) in [7, 11) is 0. The zero-order chi connectivity index (χ0) is 16.0. The Bertz CT molecular complexity index is 278. The Balaban J connectivity index is 1.78.